The van der Waals surface area contributed by atoms with Gasteiger partial charge in [-0.2, -0.15) is 0 Å². The van der Waals surface area contributed by atoms with E-state index in [1.54, 1.807) is 17.2 Å². The molecule has 1 fully saturated rings. The Morgan fingerprint density at radius 2 is 1.97 bits per heavy atom. The smallest absolute Gasteiger partial charge is 0.255 e. The predicted molar refractivity (Wildman–Crippen MR) is 114 cm³/mol. The van der Waals surface area contributed by atoms with Gasteiger partial charge in [-0.25, -0.2) is 4.98 Å². The summed E-state index contributed by atoms with van der Waals surface area (Å²) < 4.78 is 11.2. The van der Waals surface area contributed by atoms with E-state index in [1.165, 1.54) is 0 Å². The van der Waals surface area contributed by atoms with Gasteiger partial charge in [0, 0.05) is 24.7 Å². The van der Waals surface area contributed by atoms with E-state index >= 15 is 0 Å². The summed E-state index contributed by atoms with van der Waals surface area (Å²) in [5.41, 5.74) is 0.481. The molecule has 2 heterocycles. The summed E-state index contributed by atoms with van der Waals surface area (Å²) in [6.07, 6.45) is 1.55. The Hall–Kier alpha value is -2.83. The van der Waals surface area contributed by atoms with Gasteiger partial charge in [-0.05, 0) is 17.5 Å². The highest BCUT2D eigenvalue weighted by Gasteiger charge is 2.19. The van der Waals surface area contributed by atoms with Crippen LogP contribution in [0.3, 0.4) is 0 Å². The van der Waals surface area contributed by atoms with Gasteiger partial charge in [-0.1, -0.05) is 48.0 Å². The molecule has 0 saturated carbocycles. The van der Waals surface area contributed by atoms with E-state index in [9.17, 15) is 4.79 Å². The van der Waals surface area contributed by atoms with Crippen molar-refractivity contribution in [3.8, 4) is 5.75 Å². The first kappa shape index (κ1) is 19.5. The number of benzene rings is 2. The van der Waals surface area contributed by atoms with Crippen LogP contribution < -0.4 is 10.1 Å². The Morgan fingerprint density at radius 3 is 2.79 bits per heavy atom. The number of nitrogens with one attached hydrogen (secondary N) is 1. The number of carbonyl (C=O) groups is 1. The minimum atomic E-state index is -0.0754. The van der Waals surface area contributed by atoms with Gasteiger partial charge < -0.3 is 19.7 Å². The molecule has 0 spiro atoms. The van der Waals surface area contributed by atoms with Gasteiger partial charge in [-0.3, -0.25) is 4.79 Å². The highest BCUT2D eigenvalue weighted by molar-refractivity contribution is 6.33. The number of rotatable bonds is 6. The lowest BCUT2D eigenvalue weighted by atomic mass is 10.1. The molecule has 3 aromatic rings. The third-order valence-electron chi connectivity index (χ3n) is 4.79. The first-order valence-electron chi connectivity index (χ1n) is 9.59. The molecule has 1 amide bonds. The van der Waals surface area contributed by atoms with Gasteiger partial charge in [0.1, 0.15) is 18.2 Å². The van der Waals surface area contributed by atoms with Crippen LogP contribution in [0.15, 0.2) is 54.7 Å². The summed E-state index contributed by atoms with van der Waals surface area (Å²) in [5, 5.41) is 5.80. The number of hydrogen-bond donors (Lipinski definition) is 1. The molecule has 29 heavy (non-hydrogen) atoms. The molecule has 1 aliphatic rings. The van der Waals surface area contributed by atoms with Crippen LogP contribution in [0.1, 0.15) is 10.4 Å². The summed E-state index contributed by atoms with van der Waals surface area (Å²) in [5.74, 6) is 1.30. The average Bonchev–Trinajstić information content (AvgIpc) is 2.77. The summed E-state index contributed by atoms with van der Waals surface area (Å²) >= 11 is 6.33. The van der Waals surface area contributed by atoms with Crippen LogP contribution in [0.2, 0.25) is 5.02 Å². The number of pyridine rings is 1. The first-order chi connectivity index (χ1) is 14.2. The van der Waals surface area contributed by atoms with Crippen molar-refractivity contribution < 1.29 is 14.3 Å². The number of halogens is 1. The molecule has 1 saturated heterocycles. The molecule has 0 atom stereocenters. The van der Waals surface area contributed by atoms with E-state index in [-0.39, 0.29) is 5.91 Å². The zero-order valence-electron chi connectivity index (χ0n) is 15.9. The zero-order chi connectivity index (χ0) is 20.1. The molecular formula is C22H22ClN3O3. The second kappa shape index (κ2) is 9.11. The fourth-order valence-corrected chi connectivity index (χ4v) is 3.52. The maximum Gasteiger partial charge on any atom is 0.255 e. The standard InChI is InChI=1S/C22H22ClN3O3/c23-19-14-17(22(27)26-9-12-28-13-10-26)15-25-21(19)24-8-11-29-20-7-3-5-16-4-1-2-6-18(16)20/h1-7,14-15H,8-13H2,(H,24,25). The Morgan fingerprint density at radius 1 is 1.17 bits per heavy atom. The van der Waals surface area contributed by atoms with Gasteiger partial charge >= 0.3 is 0 Å². The van der Waals surface area contributed by atoms with Gasteiger partial charge in [-0.15, -0.1) is 0 Å². The van der Waals surface area contributed by atoms with E-state index in [0.29, 0.717) is 55.9 Å². The molecule has 0 radical (unpaired) electrons. The average molecular weight is 412 g/mol. The Bertz CT molecular complexity index is 1000. The molecule has 7 heteroatoms. The van der Waals surface area contributed by atoms with Crippen LogP contribution >= 0.6 is 11.6 Å². The van der Waals surface area contributed by atoms with Gasteiger partial charge in [0.25, 0.3) is 5.91 Å². The fraction of sp³-hybridized carbons (Fsp3) is 0.273. The highest BCUT2D eigenvalue weighted by atomic mass is 35.5. The van der Waals surface area contributed by atoms with Crippen molar-refractivity contribution in [2.24, 2.45) is 0 Å². The molecule has 1 aliphatic heterocycles. The molecule has 0 unspecified atom stereocenters. The van der Waals surface area contributed by atoms with E-state index in [1.807, 2.05) is 30.3 Å². The first-order valence-corrected chi connectivity index (χ1v) is 9.97. The minimum absolute atomic E-state index is 0.0754. The molecule has 1 N–H and O–H groups in total. The van der Waals surface area contributed by atoms with Crippen molar-refractivity contribution in [1.29, 1.82) is 0 Å². The van der Waals surface area contributed by atoms with Crippen LogP contribution in [0.4, 0.5) is 5.82 Å². The maximum absolute atomic E-state index is 12.5. The van der Waals surface area contributed by atoms with E-state index in [2.05, 4.69) is 22.4 Å². The lowest BCUT2D eigenvalue weighted by Gasteiger charge is -2.26. The summed E-state index contributed by atoms with van der Waals surface area (Å²) in [6.45, 7) is 3.28. The third kappa shape index (κ3) is 4.60. The SMILES string of the molecule is O=C(c1cnc(NCCOc2cccc3ccccc23)c(Cl)c1)N1CCOCC1. The van der Waals surface area contributed by atoms with Crippen molar-refractivity contribution in [3.05, 3.63) is 65.3 Å². The second-order valence-corrected chi connectivity index (χ2v) is 7.12. The van der Waals surface area contributed by atoms with Crippen LogP contribution in [-0.2, 0) is 4.74 Å². The number of nitrogens with zero attached hydrogens (tertiary/aromatic N) is 2. The van der Waals surface area contributed by atoms with E-state index in [4.69, 9.17) is 21.1 Å². The Labute approximate surface area is 174 Å². The molecule has 0 aliphatic carbocycles. The van der Waals surface area contributed by atoms with E-state index < -0.39 is 0 Å². The molecule has 0 bridgehead atoms. The maximum atomic E-state index is 12.5. The number of hydrogen-bond acceptors (Lipinski definition) is 5. The molecule has 2 aromatic carbocycles. The summed E-state index contributed by atoms with van der Waals surface area (Å²) in [7, 11) is 0. The summed E-state index contributed by atoms with van der Waals surface area (Å²) in [4.78, 5) is 18.6. The van der Waals surface area contributed by atoms with Gasteiger partial charge in [0.2, 0.25) is 0 Å². The molecule has 150 valence electrons. The Kier molecular flexibility index (Phi) is 6.12. The quantitative estimate of drug-likeness (QED) is 0.624. The molecule has 1 aromatic heterocycles. The van der Waals surface area contributed by atoms with Gasteiger partial charge in [0.05, 0.1) is 30.3 Å². The van der Waals surface area contributed by atoms with Crippen molar-refractivity contribution >= 4 is 34.1 Å². The monoisotopic (exact) mass is 411 g/mol. The number of ether oxygens (including phenoxy) is 2. The normalized spacial score (nSPS) is 14.0. The number of aromatic nitrogens is 1. The van der Waals surface area contributed by atoms with E-state index in [0.717, 1.165) is 16.5 Å². The highest BCUT2D eigenvalue weighted by Crippen LogP contribution is 2.25. The topological polar surface area (TPSA) is 63.7 Å². The fourth-order valence-electron chi connectivity index (χ4n) is 3.29. The van der Waals surface area contributed by atoms with Crippen LogP contribution in [0.5, 0.6) is 5.75 Å². The van der Waals surface area contributed by atoms with Crippen LogP contribution in [-0.4, -0.2) is 55.2 Å². The van der Waals surface area contributed by atoms with Crippen molar-refractivity contribution in [3.63, 3.8) is 0 Å². The molecular weight excluding hydrogens is 390 g/mol. The predicted octanol–water partition coefficient (Wildman–Crippen LogP) is 3.85. The lowest BCUT2D eigenvalue weighted by Crippen LogP contribution is -2.40. The molecule has 4 rings (SSSR count). The van der Waals surface area contributed by atoms with Crippen LogP contribution in [0, 0.1) is 0 Å². The number of amides is 1. The summed E-state index contributed by atoms with van der Waals surface area (Å²) in [6, 6.07) is 15.8. The number of fused-ring (bicyclic) bond motifs is 1. The lowest BCUT2D eigenvalue weighted by molar-refractivity contribution is 0.0302. The van der Waals surface area contributed by atoms with Crippen molar-refractivity contribution in [2.45, 2.75) is 0 Å². The zero-order valence-corrected chi connectivity index (χ0v) is 16.7. The van der Waals surface area contributed by atoms with Crippen molar-refractivity contribution in [1.82, 2.24) is 9.88 Å². The number of anilines is 1. The number of carbonyl (C=O) groups excluding carboxylic acids is 1. The van der Waals surface area contributed by atoms with Crippen LogP contribution in [0.25, 0.3) is 10.8 Å². The minimum Gasteiger partial charge on any atom is -0.491 e. The second-order valence-electron chi connectivity index (χ2n) is 6.71. The third-order valence-corrected chi connectivity index (χ3v) is 5.08. The largest absolute Gasteiger partial charge is 0.491 e. The Balaban J connectivity index is 1.33. The molecule has 6 nitrogen and oxygen atoms in total. The number of morpholine rings is 1. The van der Waals surface area contributed by atoms with Gasteiger partial charge in [0.15, 0.2) is 0 Å². The van der Waals surface area contributed by atoms with Crippen molar-refractivity contribution in [2.75, 3.05) is 44.8 Å².